The highest BCUT2D eigenvalue weighted by molar-refractivity contribution is 6.30. The standard InChI is InChI=1S/C9H18ClNO2/c1-7(2)13-6-4-5-11-9(12)8(3)10/h7-8H,4-6H2,1-3H3,(H,11,12). The van der Waals surface area contributed by atoms with Crippen molar-refractivity contribution in [2.75, 3.05) is 13.2 Å². The summed E-state index contributed by atoms with van der Waals surface area (Å²) in [5.74, 6) is -0.119. The second kappa shape index (κ2) is 7.15. The Morgan fingerprint density at radius 1 is 1.46 bits per heavy atom. The van der Waals surface area contributed by atoms with Crippen molar-refractivity contribution in [3.05, 3.63) is 0 Å². The number of halogens is 1. The number of carbonyl (C=O) groups excluding carboxylic acids is 1. The van der Waals surface area contributed by atoms with Gasteiger partial charge in [-0.05, 0) is 27.2 Å². The van der Waals surface area contributed by atoms with Crippen LogP contribution in [-0.4, -0.2) is 30.5 Å². The van der Waals surface area contributed by atoms with Crippen molar-refractivity contribution in [2.24, 2.45) is 0 Å². The molecule has 0 aromatic carbocycles. The first-order valence-electron chi connectivity index (χ1n) is 4.57. The molecule has 0 aliphatic heterocycles. The fraction of sp³-hybridized carbons (Fsp3) is 0.889. The Kier molecular flexibility index (Phi) is 7.00. The molecule has 0 radical (unpaired) electrons. The van der Waals surface area contributed by atoms with Gasteiger partial charge in [0.05, 0.1) is 6.10 Å². The molecular weight excluding hydrogens is 190 g/mol. The van der Waals surface area contributed by atoms with Crippen LogP contribution in [0.4, 0.5) is 0 Å². The van der Waals surface area contributed by atoms with Gasteiger partial charge in [-0.3, -0.25) is 4.79 Å². The number of ether oxygens (including phenoxy) is 1. The SMILES string of the molecule is CC(C)OCCCNC(=O)C(C)Cl. The van der Waals surface area contributed by atoms with Crippen molar-refractivity contribution >= 4 is 17.5 Å². The van der Waals surface area contributed by atoms with E-state index < -0.39 is 5.38 Å². The summed E-state index contributed by atoms with van der Waals surface area (Å²) in [5, 5.41) is 2.25. The summed E-state index contributed by atoms with van der Waals surface area (Å²) in [4.78, 5) is 11.0. The molecule has 0 aliphatic carbocycles. The summed E-state index contributed by atoms with van der Waals surface area (Å²) < 4.78 is 5.30. The van der Waals surface area contributed by atoms with Crippen molar-refractivity contribution in [3.8, 4) is 0 Å². The zero-order valence-electron chi connectivity index (χ0n) is 8.47. The van der Waals surface area contributed by atoms with E-state index in [-0.39, 0.29) is 12.0 Å². The molecule has 1 atom stereocenters. The minimum Gasteiger partial charge on any atom is -0.379 e. The number of alkyl halides is 1. The van der Waals surface area contributed by atoms with Crippen LogP contribution in [-0.2, 0) is 9.53 Å². The maximum absolute atomic E-state index is 11.0. The molecule has 1 N–H and O–H groups in total. The number of nitrogens with one attached hydrogen (secondary N) is 1. The number of carbonyl (C=O) groups is 1. The molecule has 0 bridgehead atoms. The second-order valence-electron chi connectivity index (χ2n) is 3.18. The monoisotopic (exact) mass is 207 g/mol. The first kappa shape index (κ1) is 12.7. The molecule has 0 aromatic heterocycles. The molecule has 4 heteroatoms. The van der Waals surface area contributed by atoms with Gasteiger partial charge < -0.3 is 10.1 Å². The fourth-order valence-electron chi connectivity index (χ4n) is 0.743. The van der Waals surface area contributed by atoms with Crippen LogP contribution in [0.25, 0.3) is 0 Å². The molecule has 0 rings (SSSR count). The third kappa shape index (κ3) is 8.06. The molecule has 3 nitrogen and oxygen atoms in total. The fourth-order valence-corrected chi connectivity index (χ4v) is 0.821. The van der Waals surface area contributed by atoms with Gasteiger partial charge in [0, 0.05) is 13.2 Å². The van der Waals surface area contributed by atoms with E-state index in [1.54, 1.807) is 6.92 Å². The minimum atomic E-state index is -0.453. The molecule has 78 valence electrons. The minimum absolute atomic E-state index is 0.119. The van der Waals surface area contributed by atoms with Crippen LogP contribution >= 0.6 is 11.6 Å². The van der Waals surface area contributed by atoms with Crippen molar-refractivity contribution < 1.29 is 9.53 Å². The van der Waals surface area contributed by atoms with Crippen LogP contribution in [0.15, 0.2) is 0 Å². The predicted octanol–water partition coefficient (Wildman–Crippen LogP) is 1.54. The second-order valence-corrected chi connectivity index (χ2v) is 3.83. The zero-order valence-corrected chi connectivity index (χ0v) is 9.23. The molecule has 0 heterocycles. The van der Waals surface area contributed by atoms with Crippen LogP contribution in [0, 0.1) is 0 Å². The van der Waals surface area contributed by atoms with Crippen molar-refractivity contribution in [1.29, 1.82) is 0 Å². The van der Waals surface area contributed by atoms with Crippen molar-refractivity contribution in [3.63, 3.8) is 0 Å². The third-order valence-corrected chi connectivity index (χ3v) is 1.63. The van der Waals surface area contributed by atoms with Crippen LogP contribution in [0.5, 0.6) is 0 Å². The van der Waals surface area contributed by atoms with Crippen LogP contribution < -0.4 is 5.32 Å². The summed E-state index contributed by atoms with van der Waals surface area (Å²) in [7, 11) is 0. The maximum Gasteiger partial charge on any atom is 0.237 e. The molecule has 1 amide bonds. The highest BCUT2D eigenvalue weighted by atomic mass is 35.5. The Balaban J connectivity index is 3.21. The lowest BCUT2D eigenvalue weighted by Crippen LogP contribution is -2.31. The Hall–Kier alpha value is -0.280. The molecular formula is C9H18ClNO2. The maximum atomic E-state index is 11.0. The van der Waals surface area contributed by atoms with Gasteiger partial charge in [-0.25, -0.2) is 0 Å². The van der Waals surface area contributed by atoms with E-state index >= 15 is 0 Å². The lowest BCUT2D eigenvalue weighted by Gasteiger charge is -2.08. The molecule has 0 spiro atoms. The van der Waals surface area contributed by atoms with Crippen molar-refractivity contribution in [1.82, 2.24) is 5.32 Å². The number of rotatable bonds is 6. The van der Waals surface area contributed by atoms with Gasteiger partial charge in [0.1, 0.15) is 5.38 Å². The normalized spacial score (nSPS) is 13.0. The van der Waals surface area contributed by atoms with Gasteiger partial charge in [-0.2, -0.15) is 0 Å². The molecule has 13 heavy (non-hydrogen) atoms. The van der Waals surface area contributed by atoms with E-state index in [1.165, 1.54) is 0 Å². The van der Waals surface area contributed by atoms with Gasteiger partial charge in [0.25, 0.3) is 0 Å². The first-order valence-corrected chi connectivity index (χ1v) is 5.01. The Bertz CT molecular complexity index is 149. The molecule has 0 saturated carbocycles. The topological polar surface area (TPSA) is 38.3 Å². The average Bonchev–Trinajstić information content (AvgIpc) is 2.02. The smallest absolute Gasteiger partial charge is 0.237 e. The molecule has 1 unspecified atom stereocenters. The summed E-state index contributed by atoms with van der Waals surface area (Å²) in [6, 6.07) is 0. The highest BCUT2D eigenvalue weighted by Crippen LogP contribution is 1.93. The van der Waals surface area contributed by atoms with Crippen LogP contribution in [0.1, 0.15) is 27.2 Å². The summed E-state index contributed by atoms with van der Waals surface area (Å²) in [5.41, 5.74) is 0. The van der Waals surface area contributed by atoms with Gasteiger partial charge in [0.15, 0.2) is 0 Å². The lowest BCUT2D eigenvalue weighted by molar-refractivity contribution is -0.120. The van der Waals surface area contributed by atoms with Gasteiger partial charge >= 0.3 is 0 Å². The van der Waals surface area contributed by atoms with E-state index in [4.69, 9.17) is 16.3 Å². The highest BCUT2D eigenvalue weighted by Gasteiger charge is 2.06. The van der Waals surface area contributed by atoms with Crippen molar-refractivity contribution in [2.45, 2.75) is 38.7 Å². The summed E-state index contributed by atoms with van der Waals surface area (Å²) >= 11 is 5.55. The van der Waals surface area contributed by atoms with Crippen LogP contribution in [0.3, 0.4) is 0 Å². The molecule has 0 saturated heterocycles. The number of hydrogen-bond acceptors (Lipinski definition) is 2. The van der Waals surface area contributed by atoms with E-state index in [0.717, 1.165) is 6.42 Å². The quantitative estimate of drug-likeness (QED) is 0.530. The van der Waals surface area contributed by atoms with E-state index in [0.29, 0.717) is 13.2 Å². The first-order chi connectivity index (χ1) is 6.04. The third-order valence-electron chi connectivity index (χ3n) is 1.43. The summed E-state index contributed by atoms with van der Waals surface area (Å²) in [6.07, 6.45) is 1.08. The van der Waals surface area contributed by atoms with E-state index in [1.807, 2.05) is 13.8 Å². The number of hydrogen-bond donors (Lipinski definition) is 1. The van der Waals surface area contributed by atoms with E-state index in [2.05, 4.69) is 5.32 Å². The summed E-state index contributed by atoms with van der Waals surface area (Å²) in [6.45, 7) is 6.93. The molecule has 0 fully saturated rings. The number of amides is 1. The lowest BCUT2D eigenvalue weighted by atomic mass is 10.4. The molecule has 0 aromatic rings. The largest absolute Gasteiger partial charge is 0.379 e. The van der Waals surface area contributed by atoms with Gasteiger partial charge in [-0.15, -0.1) is 11.6 Å². The van der Waals surface area contributed by atoms with E-state index in [9.17, 15) is 4.79 Å². The van der Waals surface area contributed by atoms with Gasteiger partial charge in [-0.1, -0.05) is 0 Å². The van der Waals surface area contributed by atoms with Crippen LogP contribution in [0.2, 0.25) is 0 Å². The zero-order chi connectivity index (χ0) is 10.3. The average molecular weight is 208 g/mol. The Labute approximate surface area is 84.8 Å². The Morgan fingerprint density at radius 2 is 2.08 bits per heavy atom. The predicted molar refractivity (Wildman–Crippen MR) is 54.0 cm³/mol. The Morgan fingerprint density at radius 3 is 2.54 bits per heavy atom. The van der Waals surface area contributed by atoms with Gasteiger partial charge in [0.2, 0.25) is 5.91 Å². The molecule has 0 aliphatic rings.